The number of nitrogens with zero attached hydrogens (tertiary/aromatic N) is 2. The number of carbonyl (C=O) groups excluding carboxylic acids is 1. The number of pyridine rings is 2. The van der Waals surface area contributed by atoms with Crippen LogP contribution in [0.25, 0.3) is 87.1 Å². The largest absolute Gasteiger partial charge is 0.512 e. The summed E-state index contributed by atoms with van der Waals surface area (Å²) in [5.74, 6) is 0.377. The van der Waals surface area contributed by atoms with E-state index in [1.165, 1.54) is 132 Å². The zero-order valence-corrected chi connectivity index (χ0v) is 61.0. The molecule has 4 nitrogen and oxygen atoms in total. The van der Waals surface area contributed by atoms with E-state index in [1.807, 2.05) is 12.4 Å². The van der Waals surface area contributed by atoms with Gasteiger partial charge in [0.2, 0.25) is 0 Å². The molecule has 0 saturated carbocycles. The van der Waals surface area contributed by atoms with Crippen molar-refractivity contribution in [1.29, 1.82) is 0 Å². The number of hydrogen-bond acceptors (Lipinski definition) is 4. The van der Waals surface area contributed by atoms with E-state index in [0.717, 1.165) is 88.4 Å². The SMILES string of the molecule is CC(C)(C)Cc1c2c([c-]c3ccccc13)-c1nccc3c1c(cc1c(CC(C)(C)C)cccc13)C2.CCC(CC)(CC)C(=O)/C=C(\O)C(CC)(CC)CC.Cc1ccc2c(CC(C)(C)C)c3c([c-]c2c1)-c1nccc2c1c(cc1c(CC(C)(C)C)cccc12)C3.[Ir]. The maximum atomic E-state index is 12.5. The molecule has 0 atom stereocenters. The van der Waals surface area contributed by atoms with Gasteiger partial charge < -0.3 is 5.11 Å². The standard InChI is InChI=1S/C35H36N.C34H34N.C17H32O2.Ir/c1-21-11-12-25-23(15-21)16-30-29(31(25)20-35(5,6)7)18-24-17-28-22(19-34(2,3)4)9-8-10-26(28)27-13-14-36-33(30)32(24)27;1-33(2,3)19-22-11-9-13-25-26-14-15-35-32-29-16-21-10-7-8-12-24(21)30(20-34(4,5)6)28(29)18-23(31(26)32)17-27(22)25;1-7-16(8-2,9-3)14(18)13-15(19)17(10-4,11-5)12-6;/h8-15,17H,18-20H2,1-7H3;7-15,17H,18-20H2,1-6H3;13,18H,7-12H2,1-6H3;/q2*-1;;/b;;14-13-;. The van der Waals surface area contributed by atoms with Crippen LogP contribution in [0, 0.1) is 51.5 Å². The quantitative estimate of drug-likeness (QED) is 0.0541. The second kappa shape index (κ2) is 26.5. The van der Waals surface area contributed by atoms with Gasteiger partial charge in [0.25, 0.3) is 0 Å². The summed E-state index contributed by atoms with van der Waals surface area (Å²) in [6.07, 6.45) is 16.7. The molecule has 479 valence electrons. The summed E-state index contributed by atoms with van der Waals surface area (Å²) in [6.45, 7) is 42.6. The Morgan fingerprint density at radius 2 is 0.868 bits per heavy atom. The van der Waals surface area contributed by atoms with Crippen LogP contribution in [-0.2, 0) is 63.4 Å². The molecule has 2 aliphatic rings. The van der Waals surface area contributed by atoms with E-state index in [4.69, 9.17) is 9.97 Å². The van der Waals surface area contributed by atoms with Crippen molar-refractivity contribution in [3.63, 3.8) is 0 Å². The average Bonchev–Trinajstić information content (AvgIpc) is 0.726. The van der Waals surface area contributed by atoms with E-state index in [-0.39, 0.29) is 64.1 Å². The second-order valence-corrected chi connectivity index (χ2v) is 31.6. The fraction of sp³-hybridized carbons (Fsp3) is 0.430. The number of aromatic nitrogens is 2. The Kier molecular flexibility index (Phi) is 20.0. The van der Waals surface area contributed by atoms with Gasteiger partial charge in [0, 0.05) is 60.8 Å². The van der Waals surface area contributed by atoms with Gasteiger partial charge in [-0.25, -0.2) is 0 Å². The van der Waals surface area contributed by atoms with Crippen molar-refractivity contribution in [1.82, 2.24) is 9.97 Å². The summed E-state index contributed by atoms with van der Waals surface area (Å²) in [4.78, 5) is 22.5. The number of allylic oxidation sites excluding steroid dienone is 2. The minimum Gasteiger partial charge on any atom is -0.512 e. The van der Waals surface area contributed by atoms with Crippen LogP contribution in [0.15, 0.2) is 127 Å². The number of aliphatic hydroxyl groups is 1. The van der Waals surface area contributed by atoms with Crippen LogP contribution in [0.4, 0.5) is 0 Å². The van der Waals surface area contributed by atoms with Crippen molar-refractivity contribution in [2.24, 2.45) is 32.5 Å². The van der Waals surface area contributed by atoms with Crippen LogP contribution < -0.4 is 0 Å². The first-order valence-electron chi connectivity index (χ1n) is 34.0. The Labute approximate surface area is 559 Å². The summed E-state index contributed by atoms with van der Waals surface area (Å²) in [6, 6.07) is 46.3. The van der Waals surface area contributed by atoms with Crippen molar-refractivity contribution in [2.75, 3.05) is 0 Å². The molecule has 2 aliphatic carbocycles. The summed E-state index contributed by atoms with van der Waals surface area (Å²) >= 11 is 0. The second-order valence-electron chi connectivity index (χ2n) is 31.6. The van der Waals surface area contributed by atoms with Gasteiger partial charge in [-0.3, -0.25) is 14.8 Å². The molecular formula is C86H102IrN2O2-2. The van der Waals surface area contributed by atoms with Gasteiger partial charge in [0.1, 0.15) is 5.76 Å². The minimum absolute atomic E-state index is 0. The molecule has 8 aromatic carbocycles. The molecule has 0 amide bonds. The number of ketones is 1. The van der Waals surface area contributed by atoms with Crippen LogP contribution in [0.5, 0.6) is 0 Å². The smallest absolute Gasteiger partial charge is 0.165 e. The minimum atomic E-state index is -0.297. The van der Waals surface area contributed by atoms with E-state index >= 15 is 0 Å². The Morgan fingerprint density at radius 3 is 1.30 bits per heavy atom. The molecule has 0 aliphatic heterocycles. The number of carbonyl (C=O) groups is 1. The number of aryl methyl sites for hydroxylation is 1. The van der Waals surface area contributed by atoms with Gasteiger partial charge in [-0.1, -0.05) is 231 Å². The molecule has 2 heterocycles. The molecule has 12 rings (SSSR count). The molecule has 0 bridgehead atoms. The molecule has 1 N–H and O–H groups in total. The van der Waals surface area contributed by atoms with E-state index in [2.05, 4.69) is 247 Å². The van der Waals surface area contributed by atoms with Gasteiger partial charge in [-0.15, -0.1) is 57.3 Å². The van der Waals surface area contributed by atoms with Crippen molar-refractivity contribution in [3.05, 3.63) is 190 Å². The normalized spacial score (nSPS) is 13.4. The van der Waals surface area contributed by atoms with Gasteiger partial charge in [-0.2, -0.15) is 0 Å². The van der Waals surface area contributed by atoms with Crippen molar-refractivity contribution >= 4 is 70.4 Å². The molecule has 2 aromatic heterocycles. The van der Waals surface area contributed by atoms with E-state index in [1.54, 1.807) is 0 Å². The first kappa shape index (κ1) is 68.8. The Balaban J connectivity index is 0.000000169. The van der Waals surface area contributed by atoms with Crippen molar-refractivity contribution in [2.45, 2.75) is 209 Å². The molecular weight excluding hydrogens is 1290 g/mol. The van der Waals surface area contributed by atoms with E-state index < -0.39 is 0 Å². The van der Waals surface area contributed by atoms with Crippen LogP contribution >= 0.6 is 0 Å². The van der Waals surface area contributed by atoms with Gasteiger partial charge in [0.05, 0.1) is 0 Å². The maximum Gasteiger partial charge on any atom is 0.165 e. The molecule has 5 heteroatoms. The summed E-state index contributed by atoms with van der Waals surface area (Å²) in [5.41, 5.74) is 17.7. The van der Waals surface area contributed by atoms with Crippen LogP contribution in [0.3, 0.4) is 0 Å². The van der Waals surface area contributed by atoms with E-state index in [9.17, 15) is 9.90 Å². The summed E-state index contributed by atoms with van der Waals surface area (Å²) in [5, 5.41) is 26.3. The molecule has 10 aromatic rings. The number of rotatable bonds is 13. The molecule has 91 heavy (non-hydrogen) atoms. The van der Waals surface area contributed by atoms with Crippen molar-refractivity contribution < 1.29 is 30.0 Å². The number of hydrogen-bond donors (Lipinski definition) is 1. The Bertz CT molecular complexity index is 4390. The molecule has 0 spiro atoms. The third-order valence-corrected chi connectivity index (χ3v) is 20.2. The molecule has 1 radical (unpaired) electrons. The first-order chi connectivity index (χ1) is 42.5. The number of fused-ring (bicyclic) bond motifs is 10. The third kappa shape index (κ3) is 13.9. The number of benzene rings is 8. The molecule has 0 saturated heterocycles. The number of aliphatic hydroxyl groups excluding tert-OH is 1. The zero-order chi connectivity index (χ0) is 65.0. The molecule has 0 fully saturated rings. The monoisotopic (exact) mass is 1390 g/mol. The van der Waals surface area contributed by atoms with Gasteiger partial charge >= 0.3 is 0 Å². The maximum absolute atomic E-state index is 12.5. The Morgan fingerprint density at radius 1 is 0.462 bits per heavy atom. The molecule has 0 unspecified atom stereocenters. The zero-order valence-electron chi connectivity index (χ0n) is 58.6. The van der Waals surface area contributed by atoms with Gasteiger partial charge in [0.15, 0.2) is 5.78 Å². The Hall–Kier alpha value is -6.52. The first-order valence-corrected chi connectivity index (χ1v) is 34.0. The van der Waals surface area contributed by atoms with Crippen LogP contribution in [-0.4, -0.2) is 20.9 Å². The van der Waals surface area contributed by atoms with Crippen molar-refractivity contribution in [3.8, 4) is 22.5 Å². The van der Waals surface area contributed by atoms with Gasteiger partial charge in [-0.05, 0) is 183 Å². The predicted octanol–water partition coefficient (Wildman–Crippen LogP) is 23.9. The third-order valence-electron chi connectivity index (χ3n) is 20.2. The average molecular weight is 1390 g/mol. The topological polar surface area (TPSA) is 63.1 Å². The summed E-state index contributed by atoms with van der Waals surface area (Å²) < 4.78 is 0. The summed E-state index contributed by atoms with van der Waals surface area (Å²) in [7, 11) is 0. The fourth-order valence-electron chi connectivity index (χ4n) is 15.2. The van der Waals surface area contributed by atoms with Crippen LogP contribution in [0.1, 0.15) is 213 Å². The fourth-order valence-corrected chi connectivity index (χ4v) is 15.2. The van der Waals surface area contributed by atoms with Crippen LogP contribution in [0.2, 0.25) is 0 Å². The predicted molar refractivity (Wildman–Crippen MR) is 387 cm³/mol. The van der Waals surface area contributed by atoms with E-state index in [0.29, 0.717) is 0 Å².